The standard InChI is InChI=1S/C30H38N8O/c39-27(36-20-18-35(19-21-36)23-12-5-2-6-13-23)17-9-16-26-32-33-30-37(26)25-15-8-7-14-24(25)29-31-28(34-38(29)30)22-10-3-1-4-11-22/h1-6,10-13,24-25,28-29,31,34H,7-9,14-21H2. The van der Waals surface area contributed by atoms with Crippen LogP contribution < -0.4 is 20.7 Å². The fourth-order valence-corrected chi connectivity index (χ4v) is 7.04. The molecule has 2 aromatic carbocycles. The summed E-state index contributed by atoms with van der Waals surface area (Å²) < 4.78 is 2.39. The highest BCUT2D eigenvalue weighted by atomic mass is 16.2. The summed E-state index contributed by atoms with van der Waals surface area (Å²) in [7, 11) is 0. The van der Waals surface area contributed by atoms with Gasteiger partial charge in [-0.2, -0.15) is 0 Å². The molecule has 3 fully saturated rings. The first kappa shape index (κ1) is 24.6. The molecule has 0 spiro atoms. The first-order chi connectivity index (χ1) is 19.3. The van der Waals surface area contributed by atoms with E-state index in [-0.39, 0.29) is 18.2 Å². The lowest BCUT2D eigenvalue weighted by atomic mass is 9.81. The van der Waals surface area contributed by atoms with E-state index in [2.05, 4.69) is 90.0 Å². The average molecular weight is 527 g/mol. The van der Waals surface area contributed by atoms with Gasteiger partial charge in [0.1, 0.15) is 18.2 Å². The minimum Gasteiger partial charge on any atom is -0.368 e. The van der Waals surface area contributed by atoms with Crippen LogP contribution in [0.1, 0.15) is 62.1 Å². The molecular formula is C30H38N8O. The van der Waals surface area contributed by atoms with Gasteiger partial charge in [0.15, 0.2) is 0 Å². The van der Waals surface area contributed by atoms with Gasteiger partial charge in [-0.1, -0.05) is 61.4 Å². The highest BCUT2D eigenvalue weighted by molar-refractivity contribution is 5.76. The third-order valence-corrected chi connectivity index (χ3v) is 9.04. The van der Waals surface area contributed by atoms with Crippen molar-refractivity contribution >= 4 is 17.5 Å². The molecule has 4 aliphatic rings. The van der Waals surface area contributed by atoms with Crippen molar-refractivity contribution < 1.29 is 4.79 Å². The molecule has 9 nitrogen and oxygen atoms in total. The second-order valence-corrected chi connectivity index (χ2v) is 11.3. The number of hydrogen-bond acceptors (Lipinski definition) is 7. The number of hydrogen-bond donors (Lipinski definition) is 2. The lowest BCUT2D eigenvalue weighted by Crippen LogP contribution is -2.53. The molecule has 2 saturated heterocycles. The molecular weight excluding hydrogens is 488 g/mol. The van der Waals surface area contributed by atoms with Gasteiger partial charge in [-0.25, -0.2) is 5.43 Å². The maximum absolute atomic E-state index is 13.0. The molecule has 9 heteroatoms. The van der Waals surface area contributed by atoms with E-state index in [0.717, 1.165) is 57.2 Å². The zero-order valence-corrected chi connectivity index (χ0v) is 22.5. The SMILES string of the molecule is O=C(CCCc1nnc2n1C1CCCCC1C1NC(c3ccccc3)NN21)N1CCN(c2ccccc2)CC1. The number of aryl methyl sites for hydroxylation is 1. The number of benzene rings is 2. The van der Waals surface area contributed by atoms with Crippen LogP contribution in [0.15, 0.2) is 60.7 Å². The Morgan fingerprint density at radius 1 is 0.897 bits per heavy atom. The van der Waals surface area contributed by atoms with Crippen molar-refractivity contribution in [2.75, 3.05) is 36.1 Å². The smallest absolute Gasteiger partial charge is 0.243 e. The molecule has 4 atom stereocenters. The number of piperazine rings is 1. The number of fused-ring (bicyclic) bond motifs is 6. The molecule has 7 rings (SSSR count). The van der Waals surface area contributed by atoms with Crippen LogP contribution in [0.25, 0.3) is 0 Å². The number of rotatable bonds is 6. The first-order valence-electron chi connectivity index (χ1n) is 14.6. The minimum absolute atomic E-state index is 0.0606. The van der Waals surface area contributed by atoms with Crippen LogP contribution in [0.4, 0.5) is 11.6 Å². The third kappa shape index (κ3) is 4.67. The zero-order valence-electron chi connectivity index (χ0n) is 22.5. The van der Waals surface area contributed by atoms with Gasteiger partial charge in [0, 0.05) is 56.7 Å². The Hall–Kier alpha value is -3.43. The van der Waals surface area contributed by atoms with Crippen molar-refractivity contribution in [3.63, 3.8) is 0 Å². The van der Waals surface area contributed by atoms with Crippen molar-refractivity contribution in [3.8, 4) is 0 Å². The molecule has 1 aliphatic carbocycles. The quantitative estimate of drug-likeness (QED) is 0.508. The van der Waals surface area contributed by atoms with Crippen molar-refractivity contribution in [2.45, 2.75) is 63.3 Å². The van der Waals surface area contributed by atoms with Gasteiger partial charge in [-0.15, -0.1) is 10.2 Å². The highest BCUT2D eigenvalue weighted by Gasteiger charge is 2.48. The van der Waals surface area contributed by atoms with Gasteiger partial charge >= 0.3 is 0 Å². The Morgan fingerprint density at radius 3 is 2.44 bits per heavy atom. The van der Waals surface area contributed by atoms with Gasteiger partial charge in [0.2, 0.25) is 11.9 Å². The minimum atomic E-state index is 0.0606. The molecule has 4 unspecified atom stereocenters. The summed E-state index contributed by atoms with van der Waals surface area (Å²) in [4.78, 5) is 17.4. The monoisotopic (exact) mass is 526 g/mol. The molecule has 204 valence electrons. The number of nitrogens with one attached hydrogen (secondary N) is 2. The second-order valence-electron chi connectivity index (χ2n) is 11.3. The molecule has 3 aromatic rings. The van der Waals surface area contributed by atoms with E-state index in [9.17, 15) is 4.79 Å². The summed E-state index contributed by atoms with van der Waals surface area (Å²) >= 11 is 0. The van der Waals surface area contributed by atoms with Gasteiger partial charge in [0.25, 0.3) is 0 Å². The van der Waals surface area contributed by atoms with Crippen molar-refractivity contribution in [3.05, 3.63) is 72.1 Å². The Morgan fingerprint density at radius 2 is 1.64 bits per heavy atom. The van der Waals surface area contributed by atoms with Crippen LogP contribution in [-0.4, -0.2) is 57.9 Å². The van der Waals surface area contributed by atoms with Crippen molar-refractivity contribution in [1.29, 1.82) is 0 Å². The summed E-state index contributed by atoms with van der Waals surface area (Å²) in [6.07, 6.45) is 7.28. The van der Waals surface area contributed by atoms with Crippen LogP contribution in [0, 0.1) is 5.92 Å². The third-order valence-electron chi connectivity index (χ3n) is 9.04. The van der Waals surface area contributed by atoms with E-state index < -0.39 is 0 Å². The average Bonchev–Trinajstić information content (AvgIpc) is 3.64. The number of carbonyl (C=O) groups excluding carboxylic acids is 1. The van der Waals surface area contributed by atoms with Crippen LogP contribution in [0.5, 0.6) is 0 Å². The van der Waals surface area contributed by atoms with E-state index in [1.165, 1.54) is 30.5 Å². The fraction of sp³-hybridized carbons (Fsp3) is 0.500. The van der Waals surface area contributed by atoms with E-state index in [1.807, 2.05) is 11.0 Å². The molecule has 1 aromatic heterocycles. The van der Waals surface area contributed by atoms with Crippen molar-refractivity contribution in [2.24, 2.45) is 5.92 Å². The van der Waals surface area contributed by atoms with E-state index in [4.69, 9.17) is 0 Å². The number of carbonyl (C=O) groups is 1. The number of aromatic nitrogens is 3. The fourth-order valence-electron chi connectivity index (χ4n) is 7.04. The predicted molar refractivity (Wildman–Crippen MR) is 151 cm³/mol. The summed E-state index contributed by atoms with van der Waals surface area (Å²) in [6, 6.07) is 21.4. The van der Waals surface area contributed by atoms with Crippen LogP contribution >= 0.6 is 0 Å². The largest absolute Gasteiger partial charge is 0.368 e. The molecule has 0 radical (unpaired) electrons. The molecule has 2 N–H and O–H groups in total. The van der Waals surface area contributed by atoms with Gasteiger partial charge in [-0.05, 0) is 37.0 Å². The van der Waals surface area contributed by atoms with Crippen molar-refractivity contribution in [1.82, 2.24) is 30.4 Å². The van der Waals surface area contributed by atoms with Crippen LogP contribution in [-0.2, 0) is 11.2 Å². The van der Waals surface area contributed by atoms with E-state index in [1.54, 1.807) is 0 Å². The maximum atomic E-state index is 13.0. The second kappa shape index (κ2) is 10.6. The molecule has 3 aliphatic heterocycles. The van der Waals surface area contributed by atoms with E-state index in [0.29, 0.717) is 18.4 Å². The molecule has 1 amide bonds. The number of amides is 1. The van der Waals surface area contributed by atoms with E-state index >= 15 is 0 Å². The van der Waals surface area contributed by atoms with Crippen LogP contribution in [0.2, 0.25) is 0 Å². The summed E-state index contributed by atoms with van der Waals surface area (Å²) in [5, 5.41) is 15.4. The van der Waals surface area contributed by atoms with Gasteiger partial charge < -0.3 is 9.80 Å². The molecule has 4 heterocycles. The molecule has 0 bridgehead atoms. The topological polar surface area (TPSA) is 81.6 Å². The number of nitrogens with zero attached hydrogens (tertiary/aromatic N) is 6. The first-order valence-corrected chi connectivity index (χ1v) is 14.6. The molecule has 39 heavy (non-hydrogen) atoms. The number of para-hydroxylation sites is 1. The summed E-state index contributed by atoms with van der Waals surface area (Å²) in [5.41, 5.74) is 6.15. The van der Waals surface area contributed by atoms with Gasteiger partial charge in [-0.3, -0.25) is 19.7 Å². The highest BCUT2D eigenvalue weighted by Crippen LogP contribution is 2.45. The van der Waals surface area contributed by atoms with Gasteiger partial charge in [0.05, 0.1) is 0 Å². The Balaban J connectivity index is 1.00. The zero-order chi connectivity index (χ0) is 26.2. The Kier molecular flexibility index (Phi) is 6.70. The maximum Gasteiger partial charge on any atom is 0.243 e. The molecule has 1 saturated carbocycles. The lowest BCUT2D eigenvalue weighted by Gasteiger charge is -2.44. The lowest BCUT2D eigenvalue weighted by molar-refractivity contribution is -0.131. The Labute approximate surface area is 230 Å². The normalized spacial score (nSPS) is 26.2. The predicted octanol–water partition coefficient (Wildman–Crippen LogP) is 3.63. The van der Waals surface area contributed by atoms with Crippen LogP contribution in [0.3, 0.4) is 0 Å². The summed E-state index contributed by atoms with van der Waals surface area (Å²) in [6.45, 7) is 3.35. The summed E-state index contributed by atoms with van der Waals surface area (Å²) in [5.74, 6) is 2.69. The number of anilines is 2. The number of hydrazine groups is 1. The Bertz CT molecular complexity index is 1270.